The Hall–Kier alpha value is -4.28. The third kappa shape index (κ3) is 4.30. The van der Waals surface area contributed by atoms with Crippen LogP contribution in [0.4, 0.5) is 22.0 Å². The molecule has 0 saturated carbocycles. The summed E-state index contributed by atoms with van der Waals surface area (Å²) >= 11 is 0. The molecule has 1 heterocycles. The summed E-state index contributed by atoms with van der Waals surface area (Å²) in [6.07, 6.45) is 1.44. The Labute approximate surface area is 207 Å². The molecule has 0 amide bonds. The van der Waals surface area contributed by atoms with Crippen LogP contribution in [0.25, 0.3) is 6.08 Å². The van der Waals surface area contributed by atoms with Crippen LogP contribution in [0.3, 0.4) is 0 Å². The molecule has 4 rings (SSSR count). The molecule has 3 aromatic carbocycles. The van der Waals surface area contributed by atoms with E-state index in [1.165, 1.54) is 46.5 Å². The number of methoxy groups -OCH3 is 3. The Bertz CT molecular complexity index is 1420. The van der Waals surface area contributed by atoms with Gasteiger partial charge in [-0.15, -0.1) is 0 Å². The van der Waals surface area contributed by atoms with Gasteiger partial charge >= 0.3 is 0 Å². The number of halogens is 5. The molecule has 0 fully saturated rings. The van der Waals surface area contributed by atoms with Gasteiger partial charge in [-0.25, -0.2) is 22.0 Å². The highest BCUT2D eigenvalue weighted by atomic mass is 19.2. The van der Waals surface area contributed by atoms with Gasteiger partial charge in [-0.2, -0.15) is 0 Å². The molecule has 0 radical (unpaired) electrons. The molecular weight excluding hydrogens is 503 g/mol. The number of fused-ring (bicyclic) bond motifs is 1. The number of ether oxygens (including phenoxy) is 5. The fraction of sp³-hybridized carbons (Fsp3) is 0.192. The van der Waals surface area contributed by atoms with E-state index in [1.54, 1.807) is 12.1 Å². The van der Waals surface area contributed by atoms with Crippen LogP contribution in [-0.2, 0) is 6.61 Å². The topological polar surface area (TPSA) is 63.2 Å². The summed E-state index contributed by atoms with van der Waals surface area (Å²) in [6.45, 7) is 0.560. The third-order valence-corrected chi connectivity index (χ3v) is 5.73. The van der Waals surface area contributed by atoms with Crippen LogP contribution in [0.2, 0.25) is 0 Å². The van der Waals surface area contributed by atoms with E-state index in [1.807, 2.05) is 0 Å². The van der Waals surface area contributed by atoms with Gasteiger partial charge < -0.3 is 23.7 Å². The lowest BCUT2D eigenvalue weighted by Gasteiger charge is -2.14. The van der Waals surface area contributed by atoms with E-state index in [0.29, 0.717) is 22.8 Å². The van der Waals surface area contributed by atoms with Crippen molar-refractivity contribution in [2.45, 2.75) is 13.5 Å². The van der Waals surface area contributed by atoms with Crippen molar-refractivity contribution in [3.8, 4) is 28.7 Å². The molecule has 0 unspecified atom stereocenters. The third-order valence-electron chi connectivity index (χ3n) is 5.73. The van der Waals surface area contributed by atoms with Crippen molar-refractivity contribution in [3.05, 3.63) is 81.4 Å². The number of ketones is 1. The first-order chi connectivity index (χ1) is 17.6. The SMILES string of the molecule is COc1ccc(/C=C2\Oc3c(ccc(OCc4c(F)c(F)c(F)c(F)c4F)c3C)C2=O)c(OC)c1OC. The van der Waals surface area contributed by atoms with Crippen molar-refractivity contribution < 1.29 is 50.4 Å². The monoisotopic (exact) mass is 522 g/mol. The second-order valence-corrected chi connectivity index (χ2v) is 7.77. The molecule has 194 valence electrons. The number of Topliss-reactive ketones (excluding diaryl/α,β-unsaturated/α-hetero) is 1. The van der Waals surface area contributed by atoms with Gasteiger partial charge in [-0.1, -0.05) is 0 Å². The van der Waals surface area contributed by atoms with E-state index in [0.717, 1.165) is 0 Å². The number of carbonyl (C=O) groups excluding carboxylic acids is 1. The number of hydrogen-bond acceptors (Lipinski definition) is 6. The molecule has 0 aliphatic carbocycles. The van der Waals surface area contributed by atoms with E-state index in [-0.39, 0.29) is 28.4 Å². The number of benzene rings is 3. The summed E-state index contributed by atoms with van der Waals surface area (Å²) in [5, 5.41) is 0. The number of rotatable bonds is 7. The van der Waals surface area contributed by atoms with E-state index in [2.05, 4.69) is 0 Å². The second-order valence-electron chi connectivity index (χ2n) is 7.77. The minimum Gasteiger partial charge on any atom is -0.493 e. The van der Waals surface area contributed by atoms with Crippen molar-refractivity contribution in [3.63, 3.8) is 0 Å². The molecule has 11 heteroatoms. The van der Waals surface area contributed by atoms with Crippen molar-refractivity contribution in [1.29, 1.82) is 0 Å². The highest BCUT2D eigenvalue weighted by Crippen LogP contribution is 2.43. The Morgan fingerprint density at radius 3 is 1.97 bits per heavy atom. The lowest BCUT2D eigenvalue weighted by Crippen LogP contribution is -2.10. The lowest BCUT2D eigenvalue weighted by molar-refractivity contribution is 0.101. The van der Waals surface area contributed by atoms with Crippen LogP contribution in [0.1, 0.15) is 27.0 Å². The van der Waals surface area contributed by atoms with Gasteiger partial charge in [-0.05, 0) is 37.3 Å². The lowest BCUT2D eigenvalue weighted by atomic mass is 10.1. The summed E-state index contributed by atoms with van der Waals surface area (Å²) in [4.78, 5) is 13.0. The van der Waals surface area contributed by atoms with Crippen LogP contribution in [0.5, 0.6) is 28.7 Å². The zero-order chi connectivity index (χ0) is 27.0. The molecular formula is C26H19F5O6. The van der Waals surface area contributed by atoms with Gasteiger partial charge in [0.15, 0.2) is 40.5 Å². The van der Waals surface area contributed by atoms with Crippen LogP contribution in [0.15, 0.2) is 30.0 Å². The summed E-state index contributed by atoms with van der Waals surface area (Å²) < 4.78 is 95.4. The van der Waals surface area contributed by atoms with Gasteiger partial charge in [0.05, 0.1) is 32.5 Å². The minimum atomic E-state index is -2.26. The average Bonchev–Trinajstić information content (AvgIpc) is 3.22. The molecule has 0 N–H and O–H groups in total. The van der Waals surface area contributed by atoms with Crippen LogP contribution in [0, 0.1) is 36.0 Å². The van der Waals surface area contributed by atoms with Gasteiger partial charge in [0.25, 0.3) is 0 Å². The fourth-order valence-electron chi connectivity index (χ4n) is 3.83. The molecule has 37 heavy (non-hydrogen) atoms. The van der Waals surface area contributed by atoms with Crippen molar-refractivity contribution in [2.75, 3.05) is 21.3 Å². The zero-order valence-corrected chi connectivity index (χ0v) is 19.9. The van der Waals surface area contributed by atoms with Gasteiger partial charge in [0.2, 0.25) is 17.3 Å². The highest BCUT2D eigenvalue weighted by molar-refractivity contribution is 6.15. The van der Waals surface area contributed by atoms with E-state index >= 15 is 0 Å². The molecule has 1 aliphatic heterocycles. The predicted octanol–water partition coefficient (Wildman–Crippen LogP) is 5.91. The Morgan fingerprint density at radius 1 is 0.784 bits per heavy atom. The highest BCUT2D eigenvalue weighted by Gasteiger charge is 2.31. The maximum absolute atomic E-state index is 14.0. The molecule has 6 nitrogen and oxygen atoms in total. The first kappa shape index (κ1) is 25.8. The van der Waals surface area contributed by atoms with Crippen LogP contribution < -0.4 is 23.7 Å². The number of hydrogen-bond donors (Lipinski definition) is 0. The van der Waals surface area contributed by atoms with E-state index < -0.39 is 47.0 Å². The van der Waals surface area contributed by atoms with Gasteiger partial charge in [-0.3, -0.25) is 4.79 Å². The van der Waals surface area contributed by atoms with Crippen LogP contribution in [-0.4, -0.2) is 27.1 Å². The molecule has 0 spiro atoms. The second kappa shape index (κ2) is 10.00. The molecule has 1 aliphatic rings. The predicted molar refractivity (Wildman–Crippen MR) is 121 cm³/mol. The first-order valence-corrected chi connectivity index (χ1v) is 10.6. The van der Waals surface area contributed by atoms with Gasteiger partial charge in [0, 0.05) is 11.1 Å². The molecule has 0 atom stereocenters. The van der Waals surface area contributed by atoms with Gasteiger partial charge in [0.1, 0.15) is 18.1 Å². The summed E-state index contributed by atoms with van der Waals surface area (Å²) in [5.41, 5.74) is -0.213. The maximum atomic E-state index is 14.0. The largest absolute Gasteiger partial charge is 0.493 e. The average molecular weight is 522 g/mol. The van der Waals surface area contributed by atoms with E-state index in [4.69, 9.17) is 23.7 Å². The molecule has 0 bridgehead atoms. The summed E-state index contributed by atoms with van der Waals surface area (Å²) in [5.74, 6) is -9.75. The normalized spacial score (nSPS) is 13.4. The molecule has 0 saturated heterocycles. The minimum absolute atomic E-state index is 0.0143. The molecule has 0 aromatic heterocycles. The van der Waals surface area contributed by atoms with Crippen molar-refractivity contribution >= 4 is 11.9 Å². The number of carbonyl (C=O) groups is 1. The zero-order valence-electron chi connectivity index (χ0n) is 19.9. The smallest absolute Gasteiger partial charge is 0.231 e. The van der Waals surface area contributed by atoms with Crippen molar-refractivity contribution in [1.82, 2.24) is 0 Å². The van der Waals surface area contributed by atoms with Crippen LogP contribution >= 0.6 is 0 Å². The van der Waals surface area contributed by atoms with E-state index in [9.17, 15) is 26.7 Å². The standard InChI is InChI=1S/C26H19F5O6/c1-11-15(36-10-14-18(27)20(29)22(31)21(30)19(14)28)8-6-13-23(32)17(37-24(11)13)9-12-5-7-16(33-2)26(35-4)25(12)34-3/h5-9H,10H2,1-4H3/b17-9-. The molecule has 3 aromatic rings. The summed E-state index contributed by atoms with van der Waals surface area (Å²) in [7, 11) is 4.31. The first-order valence-electron chi connectivity index (χ1n) is 10.6. The van der Waals surface area contributed by atoms with Crippen molar-refractivity contribution in [2.24, 2.45) is 0 Å². The Kier molecular flexibility index (Phi) is 6.97. The quantitative estimate of drug-likeness (QED) is 0.166. The Balaban J connectivity index is 1.65. The fourth-order valence-corrected chi connectivity index (χ4v) is 3.83. The maximum Gasteiger partial charge on any atom is 0.231 e. The number of allylic oxidation sites excluding steroid dienone is 1. The Morgan fingerprint density at radius 2 is 1.38 bits per heavy atom. The summed E-state index contributed by atoms with van der Waals surface area (Å²) in [6, 6.07) is 5.96.